The van der Waals surface area contributed by atoms with E-state index < -0.39 is 5.97 Å². The summed E-state index contributed by atoms with van der Waals surface area (Å²) in [6.07, 6.45) is 1.50. The van der Waals surface area contributed by atoms with Gasteiger partial charge in [0.05, 0.1) is 18.9 Å². The molecule has 0 fully saturated rings. The van der Waals surface area contributed by atoms with Gasteiger partial charge in [-0.05, 0) is 48.5 Å². The Morgan fingerprint density at radius 2 is 1.83 bits per heavy atom. The Labute approximate surface area is 137 Å². The number of aromatic nitrogens is 1. The van der Waals surface area contributed by atoms with Crippen LogP contribution in [0.15, 0.2) is 59.1 Å². The molecule has 0 spiro atoms. The summed E-state index contributed by atoms with van der Waals surface area (Å²) >= 11 is 0. The van der Waals surface area contributed by atoms with Gasteiger partial charge in [0, 0.05) is 5.56 Å². The van der Waals surface area contributed by atoms with Crippen LogP contribution < -0.4 is 4.74 Å². The first-order valence-electron chi connectivity index (χ1n) is 7.17. The molecule has 0 saturated carbocycles. The number of ether oxygens (including phenoxy) is 2. The minimum Gasteiger partial charge on any atom is -0.497 e. The molecule has 2 aromatic carbocycles. The van der Waals surface area contributed by atoms with Gasteiger partial charge in [-0.25, -0.2) is 14.2 Å². The van der Waals surface area contributed by atoms with Crippen molar-refractivity contribution in [2.45, 2.75) is 6.61 Å². The van der Waals surface area contributed by atoms with E-state index in [-0.39, 0.29) is 18.3 Å². The maximum Gasteiger partial charge on any atom is 0.338 e. The molecule has 1 aromatic heterocycles. The molecule has 0 aliphatic carbocycles. The first kappa shape index (κ1) is 15.7. The zero-order valence-corrected chi connectivity index (χ0v) is 12.9. The number of nitrogens with zero attached hydrogens (tertiary/aromatic N) is 1. The third-order valence-electron chi connectivity index (χ3n) is 3.33. The fraction of sp³-hybridized carbons (Fsp3) is 0.111. The number of carbonyl (C=O) groups excluding carboxylic acids is 1. The molecule has 24 heavy (non-hydrogen) atoms. The number of hydrogen-bond acceptors (Lipinski definition) is 5. The molecule has 0 atom stereocenters. The SMILES string of the molecule is COc1ccc(C(=O)OCc2ncc(-c3ccc(F)cc3)o2)cc1. The number of esters is 1. The Hall–Kier alpha value is -3.15. The summed E-state index contributed by atoms with van der Waals surface area (Å²) in [5, 5.41) is 0. The van der Waals surface area contributed by atoms with Crippen LogP contribution in [-0.2, 0) is 11.3 Å². The Bertz CT molecular complexity index is 825. The van der Waals surface area contributed by atoms with Gasteiger partial charge in [-0.1, -0.05) is 0 Å². The fourth-order valence-corrected chi connectivity index (χ4v) is 2.06. The molecule has 0 aliphatic heterocycles. The van der Waals surface area contributed by atoms with Gasteiger partial charge in [0.1, 0.15) is 11.6 Å². The average Bonchev–Trinajstić information content (AvgIpc) is 3.09. The normalized spacial score (nSPS) is 10.4. The molecular weight excluding hydrogens is 313 g/mol. The van der Waals surface area contributed by atoms with Gasteiger partial charge in [0.2, 0.25) is 5.89 Å². The molecule has 3 rings (SSSR count). The quantitative estimate of drug-likeness (QED) is 0.666. The van der Waals surface area contributed by atoms with Crippen molar-refractivity contribution in [2.75, 3.05) is 7.11 Å². The monoisotopic (exact) mass is 327 g/mol. The van der Waals surface area contributed by atoms with Gasteiger partial charge in [0.15, 0.2) is 12.4 Å². The van der Waals surface area contributed by atoms with E-state index in [4.69, 9.17) is 13.9 Å². The van der Waals surface area contributed by atoms with Crippen molar-refractivity contribution >= 4 is 5.97 Å². The average molecular weight is 327 g/mol. The van der Waals surface area contributed by atoms with Crippen LogP contribution in [-0.4, -0.2) is 18.1 Å². The first-order chi connectivity index (χ1) is 11.7. The Balaban J connectivity index is 1.62. The van der Waals surface area contributed by atoms with Crippen LogP contribution >= 0.6 is 0 Å². The number of oxazole rings is 1. The summed E-state index contributed by atoms with van der Waals surface area (Å²) in [5.41, 5.74) is 1.10. The largest absolute Gasteiger partial charge is 0.497 e. The second kappa shape index (κ2) is 6.95. The molecule has 0 radical (unpaired) electrons. The van der Waals surface area contributed by atoms with Crippen LogP contribution in [0.2, 0.25) is 0 Å². The molecule has 0 amide bonds. The van der Waals surface area contributed by atoms with Gasteiger partial charge in [0.25, 0.3) is 0 Å². The number of benzene rings is 2. The second-order valence-electron chi connectivity index (χ2n) is 4.93. The molecule has 6 heteroatoms. The third kappa shape index (κ3) is 3.60. The fourth-order valence-electron chi connectivity index (χ4n) is 2.06. The number of halogens is 1. The molecule has 1 heterocycles. The van der Waals surface area contributed by atoms with Crippen molar-refractivity contribution in [3.8, 4) is 17.1 Å². The van der Waals surface area contributed by atoms with E-state index in [2.05, 4.69) is 4.98 Å². The van der Waals surface area contributed by atoms with E-state index in [9.17, 15) is 9.18 Å². The Kier molecular flexibility index (Phi) is 4.56. The minimum absolute atomic E-state index is 0.0912. The van der Waals surface area contributed by atoms with E-state index in [1.54, 1.807) is 43.5 Å². The van der Waals surface area contributed by atoms with Crippen LogP contribution in [0.1, 0.15) is 16.2 Å². The summed E-state index contributed by atoms with van der Waals surface area (Å²) in [6, 6.07) is 12.4. The highest BCUT2D eigenvalue weighted by atomic mass is 19.1. The molecular formula is C18H14FNO4. The van der Waals surface area contributed by atoms with Crippen LogP contribution in [0.4, 0.5) is 4.39 Å². The van der Waals surface area contributed by atoms with Gasteiger partial charge >= 0.3 is 5.97 Å². The van der Waals surface area contributed by atoms with Gasteiger partial charge in [-0.3, -0.25) is 0 Å². The molecule has 0 aliphatic rings. The highest BCUT2D eigenvalue weighted by molar-refractivity contribution is 5.89. The number of hydrogen-bond donors (Lipinski definition) is 0. The molecule has 0 saturated heterocycles. The van der Waals surface area contributed by atoms with Crippen molar-refractivity contribution in [1.29, 1.82) is 0 Å². The van der Waals surface area contributed by atoms with Gasteiger partial charge in [-0.2, -0.15) is 0 Å². The summed E-state index contributed by atoms with van der Waals surface area (Å²) in [4.78, 5) is 16.0. The predicted molar refractivity (Wildman–Crippen MR) is 84.0 cm³/mol. The summed E-state index contributed by atoms with van der Waals surface area (Å²) < 4.78 is 28.6. The van der Waals surface area contributed by atoms with Crippen molar-refractivity contribution < 1.29 is 23.1 Å². The van der Waals surface area contributed by atoms with Crippen molar-refractivity contribution in [2.24, 2.45) is 0 Å². The third-order valence-corrected chi connectivity index (χ3v) is 3.33. The predicted octanol–water partition coefficient (Wildman–Crippen LogP) is 3.85. The van der Waals surface area contributed by atoms with Gasteiger partial charge in [-0.15, -0.1) is 0 Å². The Morgan fingerprint density at radius 3 is 2.50 bits per heavy atom. The number of carbonyl (C=O) groups is 1. The van der Waals surface area contributed by atoms with Gasteiger partial charge < -0.3 is 13.9 Å². The topological polar surface area (TPSA) is 61.6 Å². The minimum atomic E-state index is -0.487. The van der Waals surface area contributed by atoms with Crippen LogP contribution in [0.3, 0.4) is 0 Å². The smallest absolute Gasteiger partial charge is 0.338 e. The zero-order chi connectivity index (χ0) is 16.9. The lowest BCUT2D eigenvalue weighted by Gasteiger charge is -2.03. The summed E-state index contributed by atoms with van der Waals surface area (Å²) in [5.74, 6) is 0.580. The van der Waals surface area contributed by atoms with E-state index in [0.29, 0.717) is 22.6 Å². The van der Waals surface area contributed by atoms with E-state index in [1.165, 1.54) is 18.3 Å². The highest BCUT2D eigenvalue weighted by Gasteiger charge is 2.11. The highest BCUT2D eigenvalue weighted by Crippen LogP contribution is 2.21. The molecule has 0 bridgehead atoms. The van der Waals surface area contributed by atoms with Crippen LogP contribution in [0, 0.1) is 5.82 Å². The van der Waals surface area contributed by atoms with Crippen molar-refractivity contribution in [3.05, 3.63) is 72.0 Å². The summed E-state index contributed by atoms with van der Waals surface area (Å²) in [7, 11) is 1.55. The second-order valence-corrected chi connectivity index (χ2v) is 4.93. The Morgan fingerprint density at radius 1 is 1.12 bits per heavy atom. The van der Waals surface area contributed by atoms with Crippen LogP contribution in [0.25, 0.3) is 11.3 Å². The maximum absolute atomic E-state index is 12.9. The molecule has 0 N–H and O–H groups in total. The molecule has 122 valence electrons. The maximum atomic E-state index is 12.9. The molecule has 0 unspecified atom stereocenters. The molecule has 3 aromatic rings. The lowest BCUT2D eigenvalue weighted by atomic mass is 10.2. The lowest BCUT2D eigenvalue weighted by molar-refractivity contribution is 0.0439. The standard InChI is InChI=1S/C18H14FNO4/c1-22-15-8-4-13(5-9-15)18(21)23-11-17-20-10-16(24-17)12-2-6-14(19)7-3-12/h2-10H,11H2,1H3. The summed E-state index contributed by atoms with van der Waals surface area (Å²) in [6.45, 7) is -0.0912. The van der Waals surface area contributed by atoms with Crippen molar-refractivity contribution in [3.63, 3.8) is 0 Å². The zero-order valence-electron chi connectivity index (χ0n) is 12.9. The lowest BCUT2D eigenvalue weighted by Crippen LogP contribution is -2.05. The van der Waals surface area contributed by atoms with E-state index >= 15 is 0 Å². The van der Waals surface area contributed by atoms with Crippen molar-refractivity contribution in [1.82, 2.24) is 4.98 Å². The number of methoxy groups -OCH3 is 1. The first-order valence-corrected chi connectivity index (χ1v) is 7.17. The molecule has 5 nitrogen and oxygen atoms in total. The van der Waals surface area contributed by atoms with E-state index in [1.807, 2.05) is 0 Å². The number of rotatable bonds is 5. The van der Waals surface area contributed by atoms with E-state index in [0.717, 1.165) is 0 Å². The van der Waals surface area contributed by atoms with Crippen LogP contribution in [0.5, 0.6) is 5.75 Å².